The van der Waals surface area contributed by atoms with Gasteiger partial charge in [-0.25, -0.2) is 9.97 Å². The Morgan fingerprint density at radius 3 is 2.61 bits per heavy atom. The highest BCUT2D eigenvalue weighted by molar-refractivity contribution is 6.32. The third-order valence-corrected chi connectivity index (χ3v) is 5.14. The fourth-order valence-corrected chi connectivity index (χ4v) is 3.73. The molecule has 1 aliphatic carbocycles. The predicted molar refractivity (Wildman–Crippen MR) is 105 cm³/mol. The summed E-state index contributed by atoms with van der Waals surface area (Å²) >= 11 is 6.37. The number of aliphatic hydroxyl groups excluding tert-OH is 3. The van der Waals surface area contributed by atoms with E-state index in [9.17, 15) is 15.3 Å². The lowest BCUT2D eigenvalue weighted by Gasteiger charge is -2.21. The molecule has 2 aromatic heterocycles. The second-order valence-electron chi connectivity index (χ2n) is 6.72. The van der Waals surface area contributed by atoms with Crippen molar-refractivity contribution in [1.29, 1.82) is 0 Å². The maximum atomic E-state index is 10.3. The molecule has 1 fully saturated rings. The SMILES string of the molecule is CCOc1ccc(-c2c(Cl)nc(N)nc2N[C@@H]2C[C@H](CO)[C@@H](O)[C@H]2O)c(C)n1. The Bertz CT molecular complexity index is 853. The minimum Gasteiger partial charge on any atom is -0.478 e. The summed E-state index contributed by atoms with van der Waals surface area (Å²) in [7, 11) is 0. The van der Waals surface area contributed by atoms with Crippen LogP contribution in [0, 0.1) is 12.8 Å². The molecular formula is C18H24ClN5O4. The van der Waals surface area contributed by atoms with Gasteiger partial charge in [-0.05, 0) is 26.3 Å². The zero-order chi connectivity index (χ0) is 20.4. The summed E-state index contributed by atoms with van der Waals surface area (Å²) in [6, 6.07) is 2.99. The maximum absolute atomic E-state index is 10.3. The van der Waals surface area contributed by atoms with E-state index in [4.69, 9.17) is 22.1 Å². The lowest BCUT2D eigenvalue weighted by Crippen LogP contribution is -2.35. The average molecular weight is 410 g/mol. The highest BCUT2D eigenvalue weighted by atomic mass is 35.5. The molecule has 1 saturated carbocycles. The van der Waals surface area contributed by atoms with E-state index in [-0.39, 0.29) is 17.7 Å². The van der Waals surface area contributed by atoms with Gasteiger partial charge in [0.15, 0.2) is 0 Å². The van der Waals surface area contributed by atoms with Gasteiger partial charge in [0.25, 0.3) is 0 Å². The molecule has 10 heteroatoms. The van der Waals surface area contributed by atoms with Crippen LogP contribution in [0.1, 0.15) is 19.0 Å². The molecule has 28 heavy (non-hydrogen) atoms. The van der Waals surface area contributed by atoms with Gasteiger partial charge in [0.05, 0.1) is 24.3 Å². The lowest BCUT2D eigenvalue weighted by atomic mass is 10.1. The van der Waals surface area contributed by atoms with E-state index in [0.29, 0.717) is 41.5 Å². The number of halogens is 1. The van der Waals surface area contributed by atoms with Gasteiger partial charge < -0.3 is 31.1 Å². The molecular weight excluding hydrogens is 386 g/mol. The van der Waals surface area contributed by atoms with Crippen molar-refractivity contribution in [1.82, 2.24) is 15.0 Å². The summed E-state index contributed by atoms with van der Waals surface area (Å²) < 4.78 is 5.42. The zero-order valence-corrected chi connectivity index (χ0v) is 16.4. The van der Waals surface area contributed by atoms with E-state index >= 15 is 0 Å². The van der Waals surface area contributed by atoms with Crippen LogP contribution in [0.4, 0.5) is 11.8 Å². The Balaban J connectivity index is 1.99. The standard InChI is InChI=1S/C18H24ClN5O4/c1-3-28-12-5-4-10(8(2)21-12)13-16(19)23-18(20)24-17(13)22-11-6-9(7-25)14(26)15(11)27/h4-5,9,11,14-15,25-27H,3,6-7H2,1-2H3,(H3,20,22,23,24)/t9-,11-,14-,15+/m1/s1. The van der Waals surface area contributed by atoms with E-state index < -0.39 is 24.2 Å². The number of nitrogen functional groups attached to an aromatic ring is 1. The van der Waals surface area contributed by atoms with Crippen molar-refractivity contribution >= 4 is 23.4 Å². The van der Waals surface area contributed by atoms with E-state index in [0.717, 1.165) is 0 Å². The van der Waals surface area contributed by atoms with Crippen molar-refractivity contribution in [3.63, 3.8) is 0 Å². The van der Waals surface area contributed by atoms with Gasteiger partial charge in [0, 0.05) is 29.8 Å². The fraction of sp³-hybridized carbons (Fsp3) is 0.500. The molecule has 6 N–H and O–H groups in total. The molecule has 4 atom stereocenters. The highest BCUT2D eigenvalue weighted by Gasteiger charge is 2.41. The fourth-order valence-electron chi connectivity index (χ4n) is 3.45. The molecule has 0 aromatic carbocycles. The first-order valence-electron chi connectivity index (χ1n) is 9.03. The van der Waals surface area contributed by atoms with Crippen LogP contribution in [0.25, 0.3) is 11.1 Å². The van der Waals surface area contributed by atoms with E-state index in [2.05, 4.69) is 20.3 Å². The number of rotatable bonds is 6. The molecule has 0 spiro atoms. The molecule has 152 valence electrons. The third kappa shape index (κ3) is 3.97. The molecule has 2 heterocycles. The van der Waals surface area contributed by atoms with Crippen LogP contribution >= 0.6 is 11.6 Å². The van der Waals surface area contributed by atoms with Crippen molar-refractivity contribution in [3.05, 3.63) is 23.0 Å². The van der Waals surface area contributed by atoms with Gasteiger partial charge in [-0.2, -0.15) is 4.98 Å². The number of nitrogens with zero attached hydrogens (tertiary/aromatic N) is 3. The van der Waals surface area contributed by atoms with Crippen molar-refractivity contribution in [3.8, 4) is 17.0 Å². The van der Waals surface area contributed by atoms with E-state index in [1.165, 1.54) is 0 Å². The van der Waals surface area contributed by atoms with Crippen LogP contribution in [0.3, 0.4) is 0 Å². The number of anilines is 2. The van der Waals surface area contributed by atoms with Crippen molar-refractivity contribution < 1.29 is 20.1 Å². The maximum Gasteiger partial charge on any atom is 0.223 e. The van der Waals surface area contributed by atoms with Crippen molar-refractivity contribution in [2.45, 2.75) is 38.5 Å². The Hall–Kier alpha value is -2.20. The molecule has 9 nitrogen and oxygen atoms in total. The molecule has 0 saturated heterocycles. The minimum atomic E-state index is -1.07. The summed E-state index contributed by atoms with van der Waals surface area (Å²) in [5.41, 5.74) is 7.59. The van der Waals surface area contributed by atoms with Gasteiger partial charge in [-0.15, -0.1) is 0 Å². The second kappa shape index (κ2) is 8.44. The summed E-state index contributed by atoms with van der Waals surface area (Å²) in [5, 5.41) is 33.0. The summed E-state index contributed by atoms with van der Waals surface area (Å²) in [4.78, 5) is 12.7. The number of hydrogen-bond donors (Lipinski definition) is 5. The second-order valence-corrected chi connectivity index (χ2v) is 7.08. The number of aromatic nitrogens is 3. The normalized spacial score (nSPS) is 24.4. The Morgan fingerprint density at radius 1 is 1.25 bits per heavy atom. The Morgan fingerprint density at radius 2 is 2.00 bits per heavy atom. The molecule has 2 aromatic rings. The Labute approximate surface area is 167 Å². The van der Waals surface area contributed by atoms with Crippen LogP contribution in [-0.2, 0) is 0 Å². The van der Waals surface area contributed by atoms with E-state index in [1.54, 1.807) is 12.1 Å². The first-order valence-corrected chi connectivity index (χ1v) is 9.40. The summed E-state index contributed by atoms with van der Waals surface area (Å²) in [6.45, 7) is 3.96. The summed E-state index contributed by atoms with van der Waals surface area (Å²) in [5.74, 6) is 0.353. The number of aliphatic hydroxyl groups is 3. The zero-order valence-electron chi connectivity index (χ0n) is 15.6. The molecule has 0 unspecified atom stereocenters. The molecule has 0 radical (unpaired) electrons. The van der Waals surface area contributed by atoms with Gasteiger partial charge in [0.2, 0.25) is 11.8 Å². The van der Waals surface area contributed by atoms with Crippen LogP contribution in [0.5, 0.6) is 5.88 Å². The molecule has 0 bridgehead atoms. The predicted octanol–water partition coefficient (Wildman–Crippen LogP) is 0.996. The van der Waals surface area contributed by atoms with Gasteiger partial charge in [-0.1, -0.05) is 11.6 Å². The van der Waals surface area contributed by atoms with Crippen LogP contribution in [0.2, 0.25) is 5.15 Å². The van der Waals surface area contributed by atoms with Gasteiger partial charge in [-0.3, -0.25) is 0 Å². The highest BCUT2D eigenvalue weighted by Crippen LogP contribution is 2.37. The number of nitrogens with two attached hydrogens (primary N) is 1. The molecule has 0 aliphatic heterocycles. The largest absolute Gasteiger partial charge is 0.478 e. The lowest BCUT2D eigenvalue weighted by molar-refractivity contribution is 0.00446. The van der Waals surface area contributed by atoms with Crippen LogP contribution < -0.4 is 15.8 Å². The third-order valence-electron chi connectivity index (χ3n) is 4.86. The van der Waals surface area contributed by atoms with Crippen molar-refractivity contribution in [2.75, 3.05) is 24.3 Å². The smallest absolute Gasteiger partial charge is 0.223 e. The number of pyridine rings is 1. The van der Waals surface area contributed by atoms with Crippen LogP contribution in [-0.4, -0.2) is 61.7 Å². The van der Waals surface area contributed by atoms with Gasteiger partial charge >= 0.3 is 0 Å². The van der Waals surface area contributed by atoms with Crippen molar-refractivity contribution in [2.24, 2.45) is 5.92 Å². The number of hydrogen-bond acceptors (Lipinski definition) is 9. The topological polar surface area (TPSA) is 147 Å². The number of nitrogens with one attached hydrogen (secondary N) is 1. The number of ether oxygens (including phenoxy) is 1. The average Bonchev–Trinajstić information content (AvgIpc) is 2.91. The van der Waals surface area contributed by atoms with Gasteiger partial charge in [0.1, 0.15) is 17.1 Å². The minimum absolute atomic E-state index is 0.0282. The van der Waals surface area contributed by atoms with E-state index in [1.807, 2.05) is 13.8 Å². The Kier molecular flexibility index (Phi) is 6.19. The first kappa shape index (κ1) is 20.5. The van der Waals surface area contributed by atoms with Crippen LogP contribution in [0.15, 0.2) is 12.1 Å². The quantitative estimate of drug-likeness (QED) is 0.440. The molecule has 0 amide bonds. The molecule has 3 rings (SSSR count). The summed E-state index contributed by atoms with van der Waals surface area (Å²) in [6.07, 6.45) is -1.74. The first-order chi connectivity index (χ1) is 13.3. The molecule has 1 aliphatic rings. The monoisotopic (exact) mass is 409 g/mol. The number of aryl methyl sites for hydroxylation is 1.